The largest absolute Gasteiger partial charge is 0.486 e. The van der Waals surface area contributed by atoms with Crippen LogP contribution < -0.4 is 14.8 Å². The van der Waals surface area contributed by atoms with Crippen LogP contribution in [0.15, 0.2) is 42.5 Å². The molecule has 2 aromatic carbocycles. The smallest absolute Gasteiger partial charge is 0.228 e. The minimum atomic E-state index is -0.00124. The Morgan fingerprint density at radius 3 is 2.81 bits per heavy atom. The first kappa shape index (κ1) is 16.9. The second-order valence-corrected chi connectivity index (χ2v) is 6.87. The molecular weight excluding hydrogens is 330 g/mol. The van der Waals surface area contributed by atoms with Gasteiger partial charge in [0.15, 0.2) is 11.5 Å². The molecule has 0 spiro atoms. The maximum Gasteiger partial charge on any atom is 0.228 e. The molecule has 0 bridgehead atoms. The fraction of sp³-hybridized carbons (Fsp3) is 0.381. The van der Waals surface area contributed by atoms with Gasteiger partial charge < -0.3 is 19.9 Å². The predicted octanol–water partition coefficient (Wildman–Crippen LogP) is 3.12. The molecule has 1 fully saturated rings. The number of hydrogen-bond donors (Lipinski definition) is 2. The first-order valence-electron chi connectivity index (χ1n) is 9.15. The van der Waals surface area contributed by atoms with Crippen molar-refractivity contribution in [1.82, 2.24) is 0 Å². The molecule has 0 radical (unpaired) electrons. The molecule has 2 aromatic rings. The summed E-state index contributed by atoms with van der Waals surface area (Å²) >= 11 is 0. The molecule has 1 amide bonds. The van der Waals surface area contributed by atoms with Crippen LogP contribution in [0.2, 0.25) is 0 Å². The van der Waals surface area contributed by atoms with Gasteiger partial charge in [0.25, 0.3) is 0 Å². The lowest BCUT2D eigenvalue weighted by atomic mass is 10.1. The third-order valence-corrected chi connectivity index (χ3v) is 4.94. The second kappa shape index (κ2) is 7.38. The fourth-order valence-corrected chi connectivity index (χ4v) is 3.47. The zero-order valence-corrected chi connectivity index (χ0v) is 14.6. The van der Waals surface area contributed by atoms with Crippen LogP contribution in [-0.4, -0.2) is 30.8 Å². The van der Waals surface area contributed by atoms with Gasteiger partial charge in [-0.3, -0.25) is 4.79 Å². The highest BCUT2D eigenvalue weighted by Gasteiger charge is 2.44. The van der Waals surface area contributed by atoms with Crippen LogP contribution >= 0.6 is 0 Å². The summed E-state index contributed by atoms with van der Waals surface area (Å²) in [7, 11) is 0. The van der Waals surface area contributed by atoms with Gasteiger partial charge in [-0.1, -0.05) is 18.2 Å². The van der Waals surface area contributed by atoms with E-state index >= 15 is 0 Å². The molecule has 0 aromatic heterocycles. The normalized spacial score (nSPS) is 20.5. The molecule has 0 saturated heterocycles. The van der Waals surface area contributed by atoms with Crippen molar-refractivity contribution in [2.24, 2.45) is 5.92 Å². The Hall–Kier alpha value is -2.53. The maximum absolute atomic E-state index is 12.6. The van der Waals surface area contributed by atoms with Gasteiger partial charge in [0.2, 0.25) is 5.91 Å². The Kier molecular flexibility index (Phi) is 4.80. The molecular formula is C21H23NO4. The van der Waals surface area contributed by atoms with Gasteiger partial charge in [0.1, 0.15) is 13.2 Å². The molecule has 2 atom stereocenters. The van der Waals surface area contributed by atoms with Crippen molar-refractivity contribution in [2.75, 3.05) is 25.1 Å². The molecule has 1 aliphatic heterocycles. The molecule has 1 heterocycles. The van der Waals surface area contributed by atoms with E-state index in [2.05, 4.69) is 5.32 Å². The number of aliphatic hydroxyl groups is 1. The average Bonchev–Trinajstić information content (AvgIpc) is 3.47. The molecule has 1 aliphatic carbocycles. The minimum Gasteiger partial charge on any atom is -0.486 e. The van der Waals surface area contributed by atoms with E-state index in [1.165, 1.54) is 0 Å². The van der Waals surface area contributed by atoms with Crippen LogP contribution in [0, 0.1) is 5.92 Å². The summed E-state index contributed by atoms with van der Waals surface area (Å²) in [6.07, 6.45) is 2.39. The molecule has 2 N–H and O–H groups in total. The number of benzene rings is 2. The summed E-state index contributed by atoms with van der Waals surface area (Å²) in [5.74, 6) is 1.85. The molecule has 2 aliphatic rings. The monoisotopic (exact) mass is 353 g/mol. The van der Waals surface area contributed by atoms with Crippen molar-refractivity contribution < 1.29 is 19.4 Å². The SMILES string of the molecule is O=C(Nc1cccc(CCCO)c1)[C@H]1C[C@H]1c1ccc2c(c1)OCCO2. The summed E-state index contributed by atoms with van der Waals surface area (Å²) in [4.78, 5) is 12.6. The number of hydrogen-bond acceptors (Lipinski definition) is 4. The summed E-state index contributed by atoms with van der Waals surface area (Å²) in [6.45, 7) is 1.33. The van der Waals surface area contributed by atoms with Crippen molar-refractivity contribution in [3.63, 3.8) is 0 Å². The Bertz CT molecular complexity index is 804. The molecule has 0 unspecified atom stereocenters. The summed E-state index contributed by atoms with van der Waals surface area (Å²) in [6, 6.07) is 13.8. The van der Waals surface area contributed by atoms with E-state index in [0.717, 1.165) is 47.6 Å². The highest BCUT2D eigenvalue weighted by molar-refractivity contribution is 5.95. The van der Waals surface area contributed by atoms with Gasteiger partial charge in [0, 0.05) is 18.2 Å². The molecule has 1 saturated carbocycles. The number of fused-ring (bicyclic) bond motifs is 1. The lowest BCUT2D eigenvalue weighted by Gasteiger charge is -2.18. The number of amides is 1. The van der Waals surface area contributed by atoms with Crippen molar-refractivity contribution in [3.8, 4) is 11.5 Å². The van der Waals surface area contributed by atoms with Gasteiger partial charge in [-0.25, -0.2) is 0 Å². The first-order chi connectivity index (χ1) is 12.7. The van der Waals surface area contributed by atoms with Gasteiger partial charge in [-0.2, -0.15) is 0 Å². The zero-order valence-electron chi connectivity index (χ0n) is 14.6. The van der Waals surface area contributed by atoms with Crippen molar-refractivity contribution in [1.29, 1.82) is 0 Å². The minimum absolute atomic E-state index is 0.00124. The van der Waals surface area contributed by atoms with Crippen LogP contribution in [0.25, 0.3) is 0 Å². The maximum atomic E-state index is 12.6. The van der Waals surface area contributed by atoms with Gasteiger partial charge >= 0.3 is 0 Å². The van der Waals surface area contributed by atoms with Crippen LogP contribution in [0.3, 0.4) is 0 Å². The number of ether oxygens (including phenoxy) is 2. The molecule has 5 heteroatoms. The zero-order chi connectivity index (χ0) is 17.9. The number of carbonyl (C=O) groups is 1. The number of aliphatic hydroxyl groups excluding tert-OH is 1. The van der Waals surface area contributed by atoms with Crippen LogP contribution in [0.5, 0.6) is 11.5 Å². The highest BCUT2D eigenvalue weighted by Crippen LogP contribution is 2.49. The number of rotatable bonds is 6. The van der Waals surface area contributed by atoms with E-state index in [9.17, 15) is 4.79 Å². The van der Waals surface area contributed by atoms with Gasteiger partial charge in [0.05, 0.1) is 0 Å². The molecule has 26 heavy (non-hydrogen) atoms. The van der Waals surface area contributed by atoms with Gasteiger partial charge in [-0.05, 0) is 60.6 Å². The second-order valence-electron chi connectivity index (χ2n) is 6.87. The standard InChI is InChI=1S/C21H23NO4/c23-8-2-4-14-3-1-5-16(11-14)22-21(24)18-13-17(18)15-6-7-19-20(12-15)26-10-9-25-19/h1,3,5-7,11-12,17-18,23H,2,4,8-10,13H2,(H,22,24)/t17-,18-/m0/s1. The van der Waals surface area contributed by atoms with E-state index in [-0.39, 0.29) is 24.3 Å². The van der Waals surface area contributed by atoms with Crippen molar-refractivity contribution >= 4 is 11.6 Å². The van der Waals surface area contributed by atoms with E-state index < -0.39 is 0 Å². The predicted molar refractivity (Wildman–Crippen MR) is 98.8 cm³/mol. The highest BCUT2D eigenvalue weighted by atomic mass is 16.6. The Balaban J connectivity index is 1.38. The Morgan fingerprint density at radius 2 is 1.96 bits per heavy atom. The summed E-state index contributed by atoms with van der Waals surface area (Å²) in [5.41, 5.74) is 3.07. The van der Waals surface area contributed by atoms with Gasteiger partial charge in [-0.15, -0.1) is 0 Å². The third-order valence-electron chi connectivity index (χ3n) is 4.94. The quantitative estimate of drug-likeness (QED) is 0.837. The van der Waals surface area contributed by atoms with Crippen LogP contribution in [0.4, 0.5) is 5.69 Å². The lowest BCUT2D eigenvalue weighted by molar-refractivity contribution is -0.117. The Morgan fingerprint density at radius 1 is 1.12 bits per heavy atom. The topological polar surface area (TPSA) is 67.8 Å². The lowest BCUT2D eigenvalue weighted by Crippen LogP contribution is -2.16. The Labute approximate surface area is 152 Å². The number of nitrogens with one attached hydrogen (secondary N) is 1. The van der Waals surface area contributed by atoms with Crippen LogP contribution in [0.1, 0.15) is 29.9 Å². The average molecular weight is 353 g/mol. The molecule has 4 rings (SSSR count). The number of aryl methyl sites for hydroxylation is 1. The van der Waals surface area contributed by atoms with E-state index in [0.29, 0.717) is 13.2 Å². The van der Waals surface area contributed by atoms with Crippen molar-refractivity contribution in [3.05, 3.63) is 53.6 Å². The van der Waals surface area contributed by atoms with Crippen molar-refractivity contribution in [2.45, 2.75) is 25.2 Å². The third kappa shape index (κ3) is 3.68. The summed E-state index contributed by atoms with van der Waals surface area (Å²) < 4.78 is 11.2. The fourth-order valence-electron chi connectivity index (χ4n) is 3.47. The summed E-state index contributed by atoms with van der Waals surface area (Å²) in [5, 5.41) is 12.0. The van der Waals surface area contributed by atoms with E-state index in [1.54, 1.807) is 0 Å². The molecule has 5 nitrogen and oxygen atoms in total. The molecule has 136 valence electrons. The number of anilines is 1. The first-order valence-corrected chi connectivity index (χ1v) is 9.15. The van der Waals surface area contributed by atoms with E-state index in [4.69, 9.17) is 14.6 Å². The van der Waals surface area contributed by atoms with Crippen LogP contribution in [-0.2, 0) is 11.2 Å². The number of carbonyl (C=O) groups excluding carboxylic acids is 1. The van der Waals surface area contributed by atoms with E-state index in [1.807, 2.05) is 42.5 Å².